The average molecular weight is 235 g/mol. The number of methoxy groups -OCH3 is 1. The molecule has 0 aliphatic carbocycles. The summed E-state index contributed by atoms with van der Waals surface area (Å²) >= 11 is 0. The van der Waals surface area contributed by atoms with Crippen LogP contribution in [0.3, 0.4) is 0 Å². The number of rotatable bonds is 4. The van der Waals surface area contributed by atoms with E-state index in [0.717, 1.165) is 6.08 Å². The molecule has 0 spiro atoms. The highest BCUT2D eigenvalue weighted by Crippen LogP contribution is 2.23. The normalized spacial score (nSPS) is 10.2. The zero-order valence-electron chi connectivity index (χ0n) is 9.56. The third kappa shape index (κ3) is 3.98. The van der Waals surface area contributed by atoms with E-state index < -0.39 is 5.97 Å². The summed E-state index contributed by atoms with van der Waals surface area (Å²) in [5.41, 5.74) is 1.17. The Morgan fingerprint density at radius 3 is 2.65 bits per heavy atom. The lowest BCUT2D eigenvalue weighted by atomic mass is 10.1. The summed E-state index contributed by atoms with van der Waals surface area (Å²) in [7, 11) is 1.49. The Hall–Kier alpha value is -2.30. The molecular weight excluding hydrogens is 222 g/mol. The molecule has 0 saturated carbocycles. The van der Waals surface area contributed by atoms with Gasteiger partial charge in [-0.1, -0.05) is 0 Å². The number of carbonyl (C=O) groups excluding carboxylic acids is 1. The highest BCUT2D eigenvalue weighted by atomic mass is 16.5. The van der Waals surface area contributed by atoms with Gasteiger partial charge in [0.25, 0.3) is 0 Å². The molecule has 0 saturated heterocycles. The number of benzene rings is 1. The van der Waals surface area contributed by atoms with Crippen LogP contribution in [0, 0.1) is 0 Å². The van der Waals surface area contributed by atoms with Gasteiger partial charge < -0.3 is 15.2 Å². The third-order valence-electron chi connectivity index (χ3n) is 1.96. The van der Waals surface area contributed by atoms with Crippen LogP contribution in [0.1, 0.15) is 12.5 Å². The molecule has 0 fully saturated rings. The van der Waals surface area contributed by atoms with Crippen molar-refractivity contribution >= 4 is 23.6 Å². The number of carboxylic acid groups (broad SMARTS) is 1. The molecule has 0 unspecified atom stereocenters. The second-order valence-corrected chi connectivity index (χ2v) is 3.31. The zero-order valence-corrected chi connectivity index (χ0v) is 9.56. The number of carboxylic acids is 1. The van der Waals surface area contributed by atoms with Crippen molar-refractivity contribution in [2.24, 2.45) is 0 Å². The van der Waals surface area contributed by atoms with Crippen LogP contribution < -0.4 is 10.1 Å². The minimum absolute atomic E-state index is 0.191. The first-order chi connectivity index (χ1) is 8.02. The van der Waals surface area contributed by atoms with Crippen LogP contribution >= 0.6 is 0 Å². The van der Waals surface area contributed by atoms with Crippen LogP contribution in [-0.4, -0.2) is 24.1 Å². The van der Waals surface area contributed by atoms with E-state index in [2.05, 4.69) is 5.32 Å². The molecule has 0 heterocycles. The molecule has 17 heavy (non-hydrogen) atoms. The molecule has 0 bridgehead atoms. The largest absolute Gasteiger partial charge is 0.496 e. The van der Waals surface area contributed by atoms with Crippen LogP contribution in [0.15, 0.2) is 24.3 Å². The van der Waals surface area contributed by atoms with Crippen molar-refractivity contribution in [3.63, 3.8) is 0 Å². The second-order valence-electron chi connectivity index (χ2n) is 3.31. The fourth-order valence-corrected chi connectivity index (χ4v) is 1.31. The molecule has 1 rings (SSSR count). The summed E-state index contributed by atoms with van der Waals surface area (Å²) in [6.45, 7) is 1.40. The topological polar surface area (TPSA) is 75.6 Å². The number of aliphatic carboxylic acids is 1. The van der Waals surface area contributed by atoms with Gasteiger partial charge in [0.15, 0.2) is 0 Å². The molecule has 2 N–H and O–H groups in total. The van der Waals surface area contributed by atoms with Crippen LogP contribution in [0.25, 0.3) is 6.08 Å². The van der Waals surface area contributed by atoms with Gasteiger partial charge in [-0.2, -0.15) is 0 Å². The quantitative estimate of drug-likeness (QED) is 0.779. The fourth-order valence-electron chi connectivity index (χ4n) is 1.31. The Balaban J connectivity index is 3.05. The Kier molecular flexibility index (Phi) is 4.28. The molecule has 1 amide bonds. The Morgan fingerprint density at radius 1 is 1.41 bits per heavy atom. The molecule has 5 heteroatoms. The smallest absolute Gasteiger partial charge is 0.328 e. The standard InChI is InChI=1S/C12H13NO4/c1-8(14)13-10-4-5-11(17-2)9(7-10)3-6-12(15)16/h3-7H,1-2H3,(H,13,14)(H,15,16)/b6-3+. The summed E-state index contributed by atoms with van der Waals surface area (Å²) in [6, 6.07) is 4.98. The van der Waals surface area contributed by atoms with Crippen LogP contribution in [0.4, 0.5) is 5.69 Å². The highest BCUT2D eigenvalue weighted by molar-refractivity contribution is 5.90. The molecule has 0 aliphatic heterocycles. The van der Waals surface area contributed by atoms with E-state index in [-0.39, 0.29) is 5.91 Å². The van der Waals surface area contributed by atoms with Crippen molar-refractivity contribution in [2.45, 2.75) is 6.92 Å². The van der Waals surface area contributed by atoms with Gasteiger partial charge in [0.1, 0.15) is 5.75 Å². The highest BCUT2D eigenvalue weighted by Gasteiger charge is 2.03. The SMILES string of the molecule is COc1ccc(NC(C)=O)cc1/C=C/C(=O)O. The van der Waals surface area contributed by atoms with Gasteiger partial charge in [0, 0.05) is 24.3 Å². The predicted octanol–water partition coefficient (Wildman–Crippen LogP) is 1.75. The average Bonchev–Trinajstić information content (AvgIpc) is 2.25. The van der Waals surface area contributed by atoms with Crippen LogP contribution in [-0.2, 0) is 9.59 Å². The minimum atomic E-state index is -1.04. The summed E-state index contributed by atoms with van der Waals surface area (Å²) < 4.78 is 5.08. The molecule has 0 atom stereocenters. The Labute approximate surface area is 98.7 Å². The molecule has 5 nitrogen and oxygen atoms in total. The van der Waals surface area contributed by atoms with E-state index in [4.69, 9.17) is 9.84 Å². The Bertz CT molecular complexity index is 466. The minimum Gasteiger partial charge on any atom is -0.496 e. The lowest BCUT2D eigenvalue weighted by molar-refractivity contribution is -0.131. The molecule has 90 valence electrons. The maximum atomic E-state index is 10.9. The molecule has 1 aromatic carbocycles. The lowest BCUT2D eigenvalue weighted by Crippen LogP contribution is -2.05. The van der Waals surface area contributed by atoms with E-state index in [1.54, 1.807) is 18.2 Å². The van der Waals surface area contributed by atoms with Gasteiger partial charge in [-0.25, -0.2) is 4.79 Å². The first kappa shape index (κ1) is 12.8. The summed E-state index contributed by atoms with van der Waals surface area (Å²) in [5.74, 6) is -0.697. The monoisotopic (exact) mass is 235 g/mol. The fraction of sp³-hybridized carbons (Fsp3) is 0.167. The number of nitrogens with one attached hydrogen (secondary N) is 1. The number of amides is 1. The van der Waals surface area contributed by atoms with Crippen molar-refractivity contribution in [1.29, 1.82) is 0 Å². The first-order valence-corrected chi connectivity index (χ1v) is 4.89. The number of ether oxygens (including phenoxy) is 1. The maximum absolute atomic E-state index is 10.9. The van der Waals surface area contributed by atoms with Gasteiger partial charge in [-0.3, -0.25) is 4.79 Å². The molecule has 1 aromatic rings. The van der Waals surface area contributed by atoms with Gasteiger partial charge in [-0.15, -0.1) is 0 Å². The van der Waals surface area contributed by atoms with Gasteiger partial charge in [0.05, 0.1) is 7.11 Å². The lowest BCUT2D eigenvalue weighted by Gasteiger charge is -2.08. The maximum Gasteiger partial charge on any atom is 0.328 e. The number of anilines is 1. The van der Waals surface area contributed by atoms with Crippen LogP contribution in [0.5, 0.6) is 5.75 Å². The number of carbonyl (C=O) groups is 2. The van der Waals surface area contributed by atoms with Crippen molar-refractivity contribution in [2.75, 3.05) is 12.4 Å². The molecular formula is C12H13NO4. The van der Waals surface area contributed by atoms with Gasteiger partial charge >= 0.3 is 5.97 Å². The second kappa shape index (κ2) is 5.69. The molecule has 0 radical (unpaired) electrons. The summed E-state index contributed by atoms with van der Waals surface area (Å²) in [4.78, 5) is 21.3. The predicted molar refractivity (Wildman–Crippen MR) is 64.0 cm³/mol. The molecule has 0 aromatic heterocycles. The van der Waals surface area contributed by atoms with E-state index in [0.29, 0.717) is 17.0 Å². The van der Waals surface area contributed by atoms with Crippen LogP contribution in [0.2, 0.25) is 0 Å². The number of hydrogen-bond donors (Lipinski definition) is 2. The zero-order chi connectivity index (χ0) is 12.8. The molecule has 0 aliphatic rings. The van der Waals surface area contributed by atoms with Crippen molar-refractivity contribution in [1.82, 2.24) is 0 Å². The van der Waals surface area contributed by atoms with E-state index in [1.807, 2.05) is 0 Å². The van der Waals surface area contributed by atoms with Crippen molar-refractivity contribution < 1.29 is 19.4 Å². The first-order valence-electron chi connectivity index (χ1n) is 4.89. The Morgan fingerprint density at radius 2 is 2.12 bits per heavy atom. The van der Waals surface area contributed by atoms with Crippen molar-refractivity contribution in [3.05, 3.63) is 29.8 Å². The van der Waals surface area contributed by atoms with E-state index in [9.17, 15) is 9.59 Å². The summed E-state index contributed by atoms with van der Waals surface area (Å²) in [6.07, 6.45) is 2.42. The van der Waals surface area contributed by atoms with Gasteiger partial charge in [0.2, 0.25) is 5.91 Å². The van der Waals surface area contributed by atoms with Gasteiger partial charge in [-0.05, 0) is 24.3 Å². The third-order valence-corrected chi connectivity index (χ3v) is 1.96. The van der Waals surface area contributed by atoms with E-state index in [1.165, 1.54) is 20.1 Å². The summed E-state index contributed by atoms with van der Waals surface area (Å²) in [5, 5.41) is 11.2. The number of hydrogen-bond acceptors (Lipinski definition) is 3. The van der Waals surface area contributed by atoms with E-state index >= 15 is 0 Å². The van der Waals surface area contributed by atoms with Crippen molar-refractivity contribution in [3.8, 4) is 5.75 Å².